The van der Waals surface area contributed by atoms with Gasteiger partial charge in [-0.25, -0.2) is 0 Å². The fourth-order valence-electron chi connectivity index (χ4n) is 3.24. The number of hydrogen-bond donors (Lipinski definition) is 1. The van der Waals surface area contributed by atoms with Gasteiger partial charge in [-0.2, -0.15) is 0 Å². The summed E-state index contributed by atoms with van der Waals surface area (Å²) in [5, 5.41) is 3.54. The van der Waals surface area contributed by atoms with Gasteiger partial charge < -0.3 is 24.6 Å². The van der Waals surface area contributed by atoms with Crippen LogP contribution in [0.15, 0.2) is 42.5 Å². The minimum absolute atomic E-state index is 0.243. The molecule has 1 aliphatic rings. The molecule has 2 aromatic rings. The monoisotopic (exact) mass is 415 g/mol. The minimum Gasteiger partial charge on any atom is -0.497 e. The number of likely N-dealkylation sites (N-methyl/N-ethyl adjacent to an activating group) is 1. The van der Waals surface area contributed by atoms with Crippen molar-refractivity contribution in [2.75, 3.05) is 57.7 Å². The lowest BCUT2D eigenvalue weighted by atomic mass is 10.1. The van der Waals surface area contributed by atoms with Crippen LogP contribution in [0.25, 0.3) is 6.08 Å². The van der Waals surface area contributed by atoms with Gasteiger partial charge >= 0.3 is 0 Å². The average Bonchev–Trinajstić information content (AvgIpc) is 2.73. The first kappa shape index (κ1) is 21.0. The summed E-state index contributed by atoms with van der Waals surface area (Å²) < 4.78 is 10.6. The number of nitrogens with one attached hydrogen (secondary N) is 1. The van der Waals surface area contributed by atoms with E-state index in [0.717, 1.165) is 37.4 Å². The Hall–Kier alpha value is -2.70. The summed E-state index contributed by atoms with van der Waals surface area (Å²) in [5.74, 6) is 1.11. The molecule has 0 saturated carbocycles. The summed E-state index contributed by atoms with van der Waals surface area (Å²) >= 11 is 6.18. The van der Waals surface area contributed by atoms with E-state index in [1.54, 1.807) is 32.4 Å². The van der Waals surface area contributed by atoms with Gasteiger partial charge in [-0.1, -0.05) is 11.6 Å². The van der Waals surface area contributed by atoms with Crippen molar-refractivity contribution < 1.29 is 14.3 Å². The maximum absolute atomic E-state index is 12.6. The molecule has 1 fully saturated rings. The van der Waals surface area contributed by atoms with Crippen LogP contribution in [0, 0.1) is 0 Å². The van der Waals surface area contributed by atoms with Gasteiger partial charge in [-0.3, -0.25) is 4.79 Å². The third kappa shape index (κ3) is 5.43. The standard InChI is InChI=1S/C22H26ClN3O3/c1-25-10-12-26(13-11-25)20-7-5-17(23)15-19(20)24-22(27)9-4-16-14-18(28-2)6-8-21(16)29-3/h4-9,14-15H,10-13H2,1-3H3,(H,24,27). The normalized spacial score (nSPS) is 14.8. The van der Waals surface area contributed by atoms with E-state index in [2.05, 4.69) is 22.2 Å². The van der Waals surface area contributed by atoms with Crippen molar-refractivity contribution in [2.45, 2.75) is 0 Å². The van der Waals surface area contributed by atoms with Crippen LogP contribution < -0.4 is 19.7 Å². The summed E-state index contributed by atoms with van der Waals surface area (Å²) in [5.41, 5.74) is 2.44. The van der Waals surface area contributed by atoms with Gasteiger partial charge in [-0.05, 0) is 49.5 Å². The van der Waals surface area contributed by atoms with Crippen molar-refractivity contribution in [3.63, 3.8) is 0 Å². The molecule has 3 rings (SSSR count). The number of halogens is 1. The van der Waals surface area contributed by atoms with Crippen molar-refractivity contribution >= 4 is 35.0 Å². The predicted molar refractivity (Wildman–Crippen MR) is 118 cm³/mol. The molecule has 154 valence electrons. The molecule has 1 heterocycles. The molecule has 2 aromatic carbocycles. The lowest BCUT2D eigenvalue weighted by Crippen LogP contribution is -2.44. The lowest BCUT2D eigenvalue weighted by Gasteiger charge is -2.35. The van der Waals surface area contributed by atoms with Gasteiger partial charge in [-0.15, -0.1) is 0 Å². The number of ether oxygens (including phenoxy) is 2. The van der Waals surface area contributed by atoms with E-state index in [4.69, 9.17) is 21.1 Å². The molecule has 0 atom stereocenters. The van der Waals surface area contributed by atoms with Gasteiger partial charge in [0.1, 0.15) is 11.5 Å². The van der Waals surface area contributed by atoms with Gasteiger partial charge in [0.25, 0.3) is 0 Å². The number of nitrogens with zero attached hydrogens (tertiary/aromatic N) is 2. The molecule has 1 aliphatic heterocycles. The van der Waals surface area contributed by atoms with Gasteiger partial charge in [0.2, 0.25) is 5.91 Å². The summed E-state index contributed by atoms with van der Waals surface area (Å²) in [4.78, 5) is 17.1. The van der Waals surface area contributed by atoms with Crippen LogP contribution in [0.1, 0.15) is 5.56 Å². The molecule has 1 saturated heterocycles. The number of amides is 1. The highest BCUT2D eigenvalue weighted by Gasteiger charge is 2.18. The molecular weight excluding hydrogens is 390 g/mol. The summed E-state index contributed by atoms with van der Waals surface area (Å²) in [6.45, 7) is 3.76. The first-order valence-corrected chi connectivity index (χ1v) is 9.82. The second kappa shape index (κ2) is 9.67. The lowest BCUT2D eigenvalue weighted by molar-refractivity contribution is -0.111. The molecule has 29 heavy (non-hydrogen) atoms. The van der Waals surface area contributed by atoms with E-state index in [9.17, 15) is 4.79 Å². The Morgan fingerprint density at radius 3 is 2.52 bits per heavy atom. The zero-order chi connectivity index (χ0) is 20.8. The molecule has 1 amide bonds. The highest BCUT2D eigenvalue weighted by Crippen LogP contribution is 2.30. The highest BCUT2D eigenvalue weighted by molar-refractivity contribution is 6.31. The maximum Gasteiger partial charge on any atom is 0.248 e. The van der Waals surface area contributed by atoms with Crippen LogP contribution in [0.2, 0.25) is 5.02 Å². The van der Waals surface area contributed by atoms with Crippen molar-refractivity contribution in [2.24, 2.45) is 0 Å². The number of benzene rings is 2. The smallest absolute Gasteiger partial charge is 0.248 e. The first-order valence-electron chi connectivity index (χ1n) is 9.44. The van der Waals surface area contributed by atoms with Crippen molar-refractivity contribution in [1.29, 1.82) is 0 Å². The number of anilines is 2. The quantitative estimate of drug-likeness (QED) is 0.728. The first-order chi connectivity index (χ1) is 14.0. The third-order valence-electron chi connectivity index (χ3n) is 4.91. The Labute approximate surface area is 176 Å². The number of hydrogen-bond acceptors (Lipinski definition) is 5. The highest BCUT2D eigenvalue weighted by atomic mass is 35.5. The molecule has 0 spiro atoms. The molecule has 0 unspecified atom stereocenters. The van der Waals surface area contributed by atoms with Crippen molar-refractivity contribution in [1.82, 2.24) is 4.90 Å². The van der Waals surface area contributed by atoms with Gasteiger partial charge in [0.15, 0.2) is 0 Å². The Bertz CT molecular complexity index is 893. The van der Waals surface area contributed by atoms with Gasteiger partial charge in [0.05, 0.1) is 25.6 Å². The molecule has 6 nitrogen and oxygen atoms in total. The van der Waals surface area contributed by atoms with Crippen LogP contribution in [-0.4, -0.2) is 58.3 Å². The SMILES string of the molecule is COc1ccc(OC)c(C=CC(=O)Nc2cc(Cl)ccc2N2CCN(C)CC2)c1. The number of carbonyl (C=O) groups is 1. The maximum atomic E-state index is 12.6. The minimum atomic E-state index is -0.243. The summed E-state index contributed by atoms with van der Waals surface area (Å²) in [6.07, 6.45) is 3.18. The Balaban J connectivity index is 1.77. The summed E-state index contributed by atoms with van der Waals surface area (Å²) in [6, 6.07) is 11.0. The number of piperazine rings is 1. The van der Waals surface area contributed by atoms with E-state index < -0.39 is 0 Å². The van der Waals surface area contributed by atoms with E-state index >= 15 is 0 Å². The molecule has 0 radical (unpaired) electrons. The zero-order valence-corrected chi connectivity index (χ0v) is 17.7. The number of rotatable bonds is 6. The molecule has 0 aromatic heterocycles. The van der Waals surface area contributed by atoms with E-state index in [0.29, 0.717) is 22.2 Å². The molecule has 1 N–H and O–H groups in total. The van der Waals surface area contributed by atoms with Crippen LogP contribution in [0.5, 0.6) is 11.5 Å². The molecule has 7 heteroatoms. The van der Waals surface area contributed by atoms with Crippen molar-refractivity contribution in [3.05, 3.63) is 53.1 Å². The zero-order valence-electron chi connectivity index (χ0n) is 16.9. The van der Waals surface area contributed by atoms with Crippen LogP contribution in [0.3, 0.4) is 0 Å². The van der Waals surface area contributed by atoms with Gasteiger partial charge in [0, 0.05) is 42.8 Å². The average molecular weight is 416 g/mol. The molecule has 0 aliphatic carbocycles. The fourth-order valence-corrected chi connectivity index (χ4v) is 3.41. The predicted octanol–water partition coefficient (Wildman–Crippen LogP) is 3.76. The fraction of sp³-hybridized carbons (Fsp3) is 0.318. The summed E-state index contributed by atoms with van der Waals surface area (Å²) in [7, 11) is 5.30. The van der Waals surface area contributed by atoms with Crippen LogP contribution in [-0.2, 0) is 4.79 Å². The van der Waals surface area contributed by atoms with E-state index in [1.807, 2.05) is 24.3 Å². The number of carbonyl (C=O) groups excluding carboxylic acids is 1. The van der Waals surface area contributed by atoms with Crippen molar-refractivity contribution in [3.8, 4) is 11.5 Å². The van der Waals surface area contributed by atoms with Crippen LogP contribution >= 0.6 is 11.6 Å². The Kier molecular flexibility index (Phi) is 7.01. The third-order valence-corrected chi connectivity index (χ3v) is 5.15. The second-order valence-electron chi connectivity index (χ2n) is 6.88. The topological polar surface area (TPSA) is 54.0 Å². The Morgan fingerprint density at radius 2 is 1.83 bits per heavy atom. The Morgan fingerprint density at radius 1 is 1.07 bits per heavy atom. The van der Waals surface area contributed by atoms with E-state index in [1.165, 1.54) is 6.08 Å². The number of methoxy groups -OCH3 is 2. The van der Waals surface area contributed by atoms with E-state index in [-0.39, 0.29) is 5.91 Å². The largest absolute Gasteiger partial charge is 0.497 e. The molecule has 0 bridgehead atoms. The molecular formula is C22H26ClN3O3. The van der Waals surface area contributed by atoms with Crippen LogP contribution in [0.4, 0.5) is 11.4 Å². The second-order valence-corrected chi connectivity index (χ2v) is 7.32.